The van der Waals surface area contributed by atoms with E-state index >= 15 is 0 Å². The Hall–Kier alpha value is -1.75. The van der Waals surface area contributed by atoms with Crippen molar-refractivity contribution in [3.63, 3.8) is 0 Å². The number of carboxylic acids is 1. The molecule has 5 heteroatoms. The number of methoxy groups -OCH3 is 1. The van der Waals surface area contributed by atoms with E-state index in [9.17, 15) is 4.79 Å². The van der Waals surface area contributed by atoms with E-state index in [1.165, 1.54) is 13.2 Å². The summed E-state index contributed by atoms with van der Waals surface area (Å²) in [4.78, 5) is 11.1. The van der Waals surface area contributed by atoms with Crippen molar-refractivity contribution >= 4 is 5.97 Å². The lowest BCUT2D eigenvalue weighted by molar-refractivity contribution is 0.0244. The number of hydrogen-bond donors (Lipinski definition) is 1. The molecule has 0 amide bonds. The SMILES string of the molecule is COc1c(OC2CCOCC2)cccc1C(=O)O. The normalized spacial score (nSPS) is 16.3. The summed E-state index contributed by atoms with van der Waals surface area (Å²) in [7, 11) is 1.44. The van der Waals surface area contributed by atoms with Crippen molar-refractivity contribution < 1.29 is 24.1 Å². The highest BCUT2D eigenvalue weighted by molar-refractivity contribution is 5.92. The van der Waals surface area contributed by atoms with Gasteiger partial charge in [0.2, 0.25) is 0 Å². The fourth-order valence-electron chi connectivity index (χ4n) is 1.96. The zero-order valence-corrected chi connectivity index (χ0v) is 10.2. The number of benzene rings is 1. The van der Waals surface area contributed by atoms with Gasteiger partial charge in [0.15, 0.2) is 11.5 Å². The summed E-state index contributed by atoms with van der Waals surface area (Å²) in [5.74, 6) is -0.273. The molecule has 2 rings (SSSR count). The Morgan fingerprint density at radius 2 is 2.11 bits per heavy atom. The van der Waals surface area contributed by atoms with Crippen LogP contribution >= 0.6 is 0 Å². The molecule has 1 aromatic rings. The predicted molar refractivity (Wildman–Crippen MR) is 64.4 cm³/mol. The van der Waals surface area contributed by atoms with Gasteiger partial charge in [-0.25, -0.2) is 4.79 Å². The first-order chi connectivity index (χ1) is 8.72. The summed E-state index contributed by atoms with van der Waals surface area (Å²) in [5.41, 5.74) is 0.113. The van der Waals surface area contributed by atoms with Crippen LogP contribution in [0.1, 0.15) is 23.2 Å². The van der Waals surface area contributed by atoms with Gasteiger partial charge >= 0.3 is 5.97 Å². The number of rotatable bonds is 4. The molecule has 0 unspecified atom stereocenters. The van der Waals surface area contributed by atoms with Crippen molar-refractivity contribution in [2.75, 3.05) is 20.3 Å². The van der Waals surface area contributed by atoms with Crippen molar-refractivity contribution in [1.29, 1.82) is 0 Å². The van der Waals surface area contributed by atoms with Crippen LogP contribution in [0, 0.1) is 0 Å². The van der Waals surface area contributed by atoms with E-state index in [2.05, 4.69) is 0 Å². The average molecular weight is 252 g/mol. The third-order valence-corrected chi connectivity index (χ3v) is 2.88. The maximum atomic E-state index is 11.1. The maximum Gasteiger partial charge on any atom is 0.339 e. The molecule has 1 heterocycles. The molecule has 0 saturated carbocycles. The molecule has 1 fully saturated rings. The van der Waals surface area contributed by atoms with Crippen molar-refractivity contribution in [1.82, 2.24) is 0 Å². The van der Waals surface area contributed by atoms with Crippen LogP contribution in [0.4, 0.5) is 0 Å². The van der Waals surface area contributed by atoms with Gasteiger partial charge in [-0.2, -0.15) is 0 Å². The Morgan fingerprint density at radius 3 is 2.72 bits per heavy atom. The van der Waals surface area contributed by atoms with Gasteiger partial charge in [-0.15, -0.1) is 0 Å². The predicted octanol–water partition coefficient (Wildman–Crippen LogP) is 1.95. The Kier molecular flexibility index (Phi) is 4.04. The van der Waals surface area contributed by atoms with Gasteiger partial charge in [0.05, 0.1) is 20.3 Å². The molecule has 1 aliphatic rings. The number of ether oxygens (including phenoxy) is 3. The molecule has 5 nitrogen and oxygen atoms in total. The monoisotopic (exact) mass is 252 g/mol. The Morgan fingerprint density at radius 1 is 1.39 bits per heavy atom. The standard InChI is InChI=1S/C13H16O5/c1-16-12-10(13(14)15)3-2-4-11(12)18-9-5-7-17-8-6-9/h2-4,9H,5-8H2,1H3,(H,14,15). The first kappa shape index (κ1) is 12.7. The molecule has 0 aliphatic carbocycles. The molecular formula is C13H16O5. The van der Waals surface area contributed by atoms with Gasteiger partial charge < -0.3 is 19.3 Å². The first-order valence-electron chi connectivity index (χ1n) is 5.87. The number of carbonyl (C=O) groups is 1. The van der Waals surface area contributed by atoms with Gasteiger partial charge in [-0.05, 0) is 12.1 Å². The Labute approximate surface area is 105 Å². The molecule has 1 saturated heterocycles. The topological polar surface area (TPSA) is 65.0 Å². The van der Waals surface area contributed by atoms with E-state index in [1.54, 1.807) is 12.1 Å². The summed E-state index contributed by atoms with van der Waals surface area (Å²) in [6.45, 7) is 1.34. The fraction of sp³-hybridized carbons (Fsp3) is 0.462. The van der Waals surface area contributed by atoms with Crippen LogP contribution in [0.2, 0.25) is 0 Å². The summed E-state index contributed by atoms with van der Waals surface area (Å²) in [6, 6.07) is 4.87. The molecule has 0 bridgehead atoms. The average Bonchev–Trinajstić information content (AvgIpc) is 2.39. The van der Waals surface area contributed by atoms with Gasteiger partial charge in [0, 0.05) is 12.8 Å². The molecule has 1 aliphatic heterocycles. The molecule has 0 aromatic heterocycles. The Balaban J connectivity index is 2.20. The van der Waals surface area contributed by atoms with Gasteiger partial charge in [0.25, 0.3) is 0 Å². The van der Waals surface area contributed by atoms with E-state index in [0.29, 0.717) is 19.0 Å². The minimum absolute atomic E-state index is 0.0525. The third kappa shape index (κ3) is 2.73. The van der Waals surface area contributed by atoms with Crippen LogP contribution in [-0.2, 0) is 4.74 Å². The van der Waals surface area contributed by atoms with Crippen LogP contribution < -0.4 is 9.47 Å². The van der Waals surface area contributed by atoms with Crippen LogP contribution in [0.3, 0.4) is 0 Å². The summed E-state index contributed by atoms with van der Waals surface area (Å²) >= 11 is 0. The van der Waals surface area contributed by atoms with E-state index in [-0.39, 0.29) is 17.4 Å². The molecule has 1 aromatic carbocycles. The van der Waals surface area contributed by atoms with Crippen LogP contribution in [0.5, 0.6) is 11.5 Å². The number of aromatic carboxylic acids is 1. The number of para-hydroxylation sites is 1. The minimum Gasteiger partial charge on any atom is -0.492 e. The molecule has 18 heavy (non-hydrogen) atoms. The van der Waals surface area contributed by atoms with E-state index in [0.717, 1.165) is 12.8 Å². The zero-order valence-electron chi connectivity index (χ0n) is 10.2. The highest BCUT2D eigenvalue weighted by Gasteiger charge is 2.20. The van der Waals surface area contributed by atoms with Crippen LogP contribution in [0.15, 0.2) is 18.2 Å². The first-order valence-corrected chi connectivity index (χ1v) is 5.87. The second-order valence-corrected chi connectivity index (χ2v) is 4.07. The largest absolute Gasteiger partial charge is 0.492 e. The fourth-order valence-corrected chi connectivity index (χ4v) is 1.96. The molecular weight excluding hydrogens is 236 g/mol. The molecule has 0 atom stereocenters. The van der Waals surface area contributed by atoms with Crippen LogP contribution in [-0.4, -0.2) is 37.5 Å². The second-order valence-electron chi connectivity index (χ2n) is 4.07. The van der Waals surface area contributed by atoms with Crippen molar-refractivity contribution in [2.24, 2.45) is 0 Å². The lowest BCUT2D eigenvalue weighted by Crippen LogP contribution is -2.26. The smallest absolute Gasteiger partial charge is 0.339 e. The molecule has 0 spiro atoms. The summed E-state index contributed by atoms with van der Waals surface area (Å²) < 4.78 is 16.2. The van der Waals surface area contributed by atoms with Crippen molar-refractivity contribution in [2.45, 2.75) is 18.9 Å². The molecule has 1 N–H and O–H groups in total. The Bertz CT molecular complexity index is 423. The zero-order chi connectivity index (χ0) is 13.0. The quantitative estimate of drug-likeness (QED) is 0.887. The lowest BCUT2D eigenvalue weighted by atomic mass is 10.1. The van der Waals surface area contributed by atoms with Gasteiger partial charge in [0.1, 0.15) is 11.7 Å². The van der Waals surface area contributed by atoms with Crippen molar-refractivity contribution in [3.05, 3.63) is 23.8 Å². The minimum atomic E-state index is -1.02. The maximum absolute atomic E-state index is 11.1. The highest BCUT2D eigenvalue weighted by atomic mass is 16.5. The second kappa shape index (κ2) is 5.73. The van der Waals surface area contributed by atoms with Crippen LogP contribution in [0.25, 0.3) is 0 Å². The molecule has 0 radical (unpaired) electrons. The lowest BCUT2D eigenvalue weighted by Gasteiger charge is -2.24. The van der Waals surface area contributed by atoms with Crippen molar-refractivity contribution in [3.8, 4) is 11.5 Å². The van der Waals surface area contributed by atoms with Gasteiger partial charge in [-0.1, -0.05) is 6.07 Å². The van der Waals surface area contributed by atoms with E-state index in [1.807, 2.05) is 0 Å². The summed E-state index contributed by atoms with van der Waals surface area (Å²) in [6.07, 6.45) is 1.66. The highest BCUT2D eigenvalue weighted by Crippen LogP contribution is 2.32. The van der Waals surface area contributed by atoms with E-state index in [4.69, 9.17) is 19.3 Å². The number of carboxylic acid groups (broad SMARTS) is 1. The third-order valence-electron chi connectivity index (χ3n) is 2.88. The molecule has 98 valence electrons. The summed E-state index contributed by atoms with van der Waals surface area (Å²) in [5, 5.41) is 9.07. The number of hydrogen-bond acceptors (Lipinski definition) is 4. The van der Waals surface area contributed by atoms with Gasteiger partial charge in [-0.3, -0.25) is 0 Å². The van der Waals surface area contributed by atoms with E-state index < -0.39 is 5.97 Å².